The lowest BCUT2D eigenvalue weighted by molar-refractivity contribution is 0.337. The van der Waals surface area contributed by atoms with Crippen molar-refractivity contribution in [2.75, 3.05) is 7.05 Å². The zero-order valence-electron chi connectivity index (χ0n) is 13.2. The second-order valence-electron chi connectivity index (χ2n) is 5.91. The predicted molar refractivity (Wildman–Crippen MR) is 90.9 cm³/mol. The molecule has 1 heterocycles. The minimum Gasteiger partial charge on any atom is -0.207 e. The van der Waals surface area contributed by atoms with Crippen LogP contribution in [0.25, 0.3) is 0 Å². The van der Waals surface area contributed by atoms with Gasteiger partial charge in [-0.2, -0.15) is 4.31 Å². The summed E-state index contributed by atoms with van der Waals surface area (Å²) in [4.78, 5) is 2.36. The second-order valence-corrected chi connectivity index (χ2v) is 9.33. The second kappa shape index (κ2) is 5.80. The lowest BCUT2D eigenvalue weighted by Gasteiger charge is -2.32. The molecular formula is C17H21NO2S2. The molecule has 0 fully saturated rings. The van der Waals surface area contributed by atoms with Gasteiger partial charge < -0.3 is 0 Å². The molecular weight excluding hydrogens is 314 g/mol. The lowest BCUT2D eigenvalue weighted by atomic mass is 9.88. The smallest absolute Gasteiger partial charge is 0.207 e. The van der Waals surface area contributed by atoms with Crippen LogP contribution >= 0.6 is 11.3 Å². The molecule has 1 atom stereocenters. The quantitative estimate of drug-likeness (QED) is 0.848. The minimum absolute atomic E-state index is 0.0606. The fourth-order valence-corrected chi connectivity index (χ4v) is 6.18. The third-order valence-electron chi connectivity index (χ3n) is 4.43. The molecule has 2 aromatic rings. The highest BCUT2D eigenvalue weighted by Gasteiger charge is 2.33. The molecule has 5 heteroatoms. The standard InChI is InChI=1S/C17H21NO2S2/c1-12-11-17(13(2)21-12)22(19,20)18(3)16-10-6-8-14-7-4-5-9-15(14)16/h4-5,7,9,11,16H,6,8,10H2,1-3H3/t16-/m1/s1. The Morgan fingerprint density at radius 3 is 2.64 bits per heavy atom. The number of hydrogen-bond acceptors (Lipinski definition) is 3. The summed E-state index contributed by atoms with van der Waals surface area (Å²) in [5.74, 6) is 0. The van der Waals surface area contributed by atoms with Crippen LogP contribution in [0.15, 0.2) is 35.2 Å². The van der Waals surface area contributed by atoms with Crippen molar-refractivity contribution in [3.63, 3.8) is 0 Å². The molecule has 118 valence electrons. The Hall–Kier alpha value is -1.17. The van der Waals surface area contributed by atoms with Crippen LogP contribution in [0.2, 0.25) is 0 Å². The van der Waals surface area contributed by atoms with Crippen LogP contribution < -0.4 is 0 Å². The average Bonchev–Trinajstić information content (AvgIpc) is 2.85. The Morgan fingerprint density at radius 2 is 1.95 bits per heavy atom. The van der Waals surface area contributed by atoms with Crippen molar-refractivity contribution in [2.45, 2.75) is 44.0 Å². The van der Waals surface area contributed by atoms with Crippen LogP contribution in [0, 0.1) is 13.8 Å². The van der Waals surface area contributed by atoms with Gasteiger partial charge in [-0.05, 0) is 50.3 Å². The maximum Gasteiger partial charge on any atom is 0.244 e. The zero-order chi connectivity index (χ0) is 15.9. The van der Waals surface area contributed by atoms with Crippen molar-refractivity contribution < 1.29 is 8.42 Å². The maximum atomic E-state index is 13.0. The molecule has 1 aromatic carbocycles. The minimum atomic E-state index is -3.45. The number of benzene rings is 1. The van der Waals surface area contributed by atoms with Gasteiger partial charge in [-0.1, -0.05) is 24.3 Å². The molecule has 0 saturated heterocycles. The molecule has 0 N–H and O–H groups in total. The van der Waals surface area contributed by atoms with Crippen molar-refractivity contribution >= 4 is 21.4 Å². The van der Waals surface area contributed by atoms with E-state index in [1.165, 1.54) is 16.9 Å². The van der Waals surface area contributed by atoms with E-state index < -0.39 is 10.0 Å². The number of hydrogen-bond donors (Lipinski definition) is 0. The lowest BCUT2D eigenvalue weighted by Crippen LogP contribution is -2.33. The van der Waals surface area contributed by atoms with E-state index in [0.29, 0.717) is 4.90 Å². The molecule has 0 spiro atoms. The summed E-state index contributed by atoms with van der Waals surface area (Å²) < 4.78 is 27.6. The average molecular weight is 335 g/mol. The van der Waals surface area contributed by atoms with Crippen LogP contribution in [-0.4, -0.2) is 19.8 Å². The van der Waals surface area contributed by atoms with E-state index in [0.717, 1.165) is 34.6 Å². The van der Waals surface area contributed by atoms with Crippen LogP contribution in [-0.2, 0) is 16.4 Å². The van der Waals surface area contributed by atoms with Gasteiger partial charge in [0, 0.05) is 22.8 Å². The van der Waals surface area contributed by atoms with Gasteiger partial charge in [-0.3, -0.25) is 0 Å². The largest absolute Gasteiger partial charge is 0.244 e. The fraction of sp³-hybridized carbons (Fsp3) is 0.412. The molecule has 3 nitrogen and oxygen atoms in total. The summed E-state index contributed by atoms with van der Waals surface area (Å²) in [6, 6.07) is 9.94. The number of fused-ring (bicyclic) bond motifs is 1. The predicted octanol–water partition coefficient (Wildman–Crippen LogP) is 4.06. The van der Waals surface area contributed by atoms with Gasteiger partial charge in [0.05, 0.1) is 4.90 Å². The Kier molecular flexibility index (Phi) is 4.14. The van der Waals surface area contributed by atoms with Crippen LogP contribution in [0.1, 0.15) is 39.8 Å². The summed E-state index contributed by atoms with van der Waals surface area (Å²) in [7, 11) is -1.73. The summed E-state index contributed by atoms with van der Waals surface area (Å²) >= 11 is 1.54. The summed E-state index contributed by atoms with van der Waals surface area (Å²) in [6.07, 6.45) is 2.95. The number of thiophene rings is 1. The van der Waals surface area contributed by atoms with Gasteiger partial charge in [0.2, 0.25) is 10.0 Å². The molecule has 0 unspecified atom stereocenters. The Labute approximate surface area is 136 Å². The Balaban J connectivity index is 2.01. The topological polar surface area (TPSA) is 37.4 Å². The number of rotatable bonds is 3. The van der Waals surface area contributed by atoms with E-state index in [2.05, 4.69) is 12.1 Å². The summed E-state index contributed by atoms with van der Waals surface area (Å²) in [6.45, 7) is 3.83. The first kappa shape index (κ1) is 15.7. The van der Waals surface area contributed by atoms with Crippen molar-refractivity contribution in [3.05, 3.63) is 51.2 Å². The fourth-order valence-electron chi connectivity index (χ4n) is 3.29. The van der Waals surface area contributed by atoms with E-state index in [-0.39, 0.29) is 6.04 Å². The third kappa shape index (κ3) is 2.62. The molecule has 0 aliphatic heterocycles. The molecule has 1 aliphatic carbocycles. The normalized spacial score (nSPS) is 18.5. The van der Waals surface area contributed by atoms with Gasteiger partial charge in [-0.25, -0.2) is 8.42 Å². The first-order chi connectivity index (χ1) is 10.4. The maximum absolute atomic E-state index is 13.0. The van der Waals surface area contributed by atoms with Gasteiger partial charge in [0.15, 0.2) is 0 Å². The highest BCUT2D eigenvalue weighted by Crippen LogP contribution is 2.37. The number of aryl methyl sites for hydroxylation is 3. The van der Waals surface area contributed by atoms with Crippen molar-refractivity contribution in [1.29, 1.82) is 0 Å². The molecule has 0 amide bonds. The van der Waals surface area contributed by atoms with E-state index in [4.69, 9.17) is 0 Å². The highest BCUT2D eigenvalue weighted by atomic mass is 32.2. The first-order valence-corrected chi connectivity index (χ1v) is 9.80. The van der Waals surface area contributed by atoms with Crippen molar-refractivity contribution in [1.82, 2.24) is 4.31 Å². The number of nitrogens with zero attached hydrogens (tertiary/aromatic N) is 1. The van der Waals surface area contributed by atoms with Crippen LogP contribution in [0.5, 0.6) is 0 Å². The summed E-state index contributed by atoms with van der Waals surface area (Å²) in [5, 5.41) is 0. The molecule has 0 radical (unpaired) electrons. The molecule has 3 rings (SSSR count). The molecule has 0 bridgehead atoms. The van der Waals surface area contributed by atoms with Crippen molar-refractivity contribution in [3.8, 4) is 0 Å². The zero-order valence-corrected chi connectivity index (χ0v) is 14.8. The SMILES string of the molecule is Cc1cc(S(=O)(=O)N(C)[C@@H]2CCCc3ccccc32)c(C)s1. The van der Waals surface area contributed by atoms with Crippen molar-refractivity contribution in [2.24, 2.45) is 0 Å². The molecule has 1 aromatic heterocycles. The Bertz CT molecular complexity index is 793. The van der Waals surface area contributed by atoms with E-state index >= 15 is 0 Å². The van der Waals surface area contributed by atoms with E-state index in [1.807, 2.05) is 26.0 Å². The van der Waals surface area contributed by atoms with E-state index in [1.54, 1.807) is 17.4 Å². The van der Waals surface area contributed by atoms with Gasteiger partial charge >= 0.3 is 0 Å². The first-order valence-electron chi connectivity index (χ1n) is 7.54. The van der Waals surface area contributed by atoms with Gasteiger partial charge in [0.25, 0.3) is 0 Å². The van der Waals surface area contributed by atoms with Gasteiger partial charge in [0.1, 0.15) is 0 Å². The summed E-state index contributed by atoms with van der Waals surface area (Å²) in [5.41, 5.74) is 2.43. The van der Waals surface area contributed by atoms with Gasteiger partial charge in [-0.15, -0.1) is 11.3 Å². The molecule has 1 aliphatic rings. The molecule has 22 heavy (non-hydrogen) atoms. The third-order valence-corrected chi connectivity index (χ3v) is 7.52. The molecule has 0 saturated carbocycles. The monoisotopic (exact) mass is 335 g/mol. The van der Waals surface area contributed by atoms with E-state index in [9.17, 15) is 8.42 Å². The highest BCUT2D eigenvalue weighted by molar-refractivity contribution is 7.89. The Morgan fingerprint density at radius 1 is 1.23 bits per heavy atom. The van der Waals surface area contributed by atoms with Crippen LogP contribution in [0.4, 0.5) is 0 Å². The van der Waals surface area contributed by atoms with Crippen LogP contribution in [0.3, 0.4) is 0 Å². The number of sulfonamides is 1.